The highest BCUT2D eigenvalue weighted by atomic mass is 32.1. The van der Waals surface area contributed by atoms with Gasteiger partial charge >= 0.3 is 0 Å². The molecule has 0 atom stereocenters. The maximum absolute atomic E-state index is 12.9. The number of carbonyl (C=O) groups excluding carboxylic acids is 1. The summed E-state index contributed by atoms with van der Waals surface area (Å²) in [7, 11) is 1.87. The fraction of sp³-hybridized carbons (Fsp3) is 0.560. The Bertz CT molecular complexity index is 1170. The fourth-order valence-electron chi connectivity index (χ4n) is 5.20. The zero-order chi connectivity index (χ0) is 24.4. The van der Waals surface area contributed by atoms with Gasteiger partial charge in [0.1, 0.15) is 0 Å². The van der Waals surface area contributed by atoms with Crippen molar-refractivity contribution >= 4 is 28.1 Å². The molecule has 3 heterocycles. The second-order valence-electron chi connectivity index (χ2n) is 9.60. The van der Waals surface area contributed by atoms with Crippen molar-refractivity contribution in [2.24, 2.45) is 13.0 Å². The third-order valence-electron chi connectivity index (χ3n) is 7.06. The standard InChI is InChI=1S/C25H31F2N5O2S/c1-31-13-19-18(3-2-4-20(19)30-31)24(33)28-17-7-5-16(6-8-17)9-11-32-12-10-22-21(14-32)29-25(35-22)34-15-23(26)27/h2-4,13,16-17,23H,5-12,14-15H2,1H3,(H,28,33). The molecule has 1 amide bonds. The largest absolute Gasteiger partial charge is 0.464 e. The molecule has 35 heavy (non-hydrogen) atoms. The second kappa shape index (κ2) is 10.6. The summed E-state index contributed by atoms with van der Waals surface area (Å²) in [6.45, 7) is 2.14. The average Bonchev–Trinajstić information content (AvgIpc) is 3.43. The van der Waals surface area contributed by atoms with Gasteiger partial charge in [0.15, 0.2) is 6.61 Å². The molecule has 188 valence electrons. The zero-order valence-electron chi connectivity index (χ0n) is 19.9. The molecule has 1 aliphatic carbocycles. The molecule has 3 aromatic rings. The zero-order valence-corrected chi connectivity index (χ0v) is 20.7. The summed E-state index contributed by atoms with van der Waals surface area (Å²) in [5.74, 6) is 0.642. The monoisotopic (exact) mass is 503 g/mol. The molecular formula is C25H31F2N5O2S. The summed E-state index contributed by atoms with van der Waals surface area (Å²) >= 11 is 1.40. The maximum atomic E-state index is 12.9. The molecule has 0 radical (unpaired) electrons. The number of rotatable bonds is 8. The van der Waals surface area contributed by atoms with Gasteiger partial charge in [0.2, 0.25) is 0 Å². The van der Waals surface area contributed by atoms with Crippen molar-refractivity contribution in [3.63, 3.8) is 0 Å². The number of hydrogen-bond acceptors (Lipinski definition) is 6. The highest BCUT2D eigenvalue weighted by Crippen LogP contribution is 2.32. The highest BCUT2D eigenvalue weighted by Gasteiger charge is 2.26. The van der Waals surface area contributed by atoms with Gasteiger partial charge in [0.05, 0.1) is 16.8 Å². The van der Waals surface area contributed by atoms with Crippen LogP contribution in [0.3, 0.4) is 0 Å². The van der Waals surface area contributed by atoms with Gasteiger partial charge in [-0.1, -0.05) is 17.4 Å². The van der Waals surface area contributed by atoms with E-state index in [9.17, 15) is 13.6 Å². The van der Waals surface area contributed by atoms with E-state index in [0.717, 1.165) is 79.6 Å². The van der Waals surface area contributed by atoms with E-state index < -0.39 is 13.0 Å². The number of hydrogen-bond donors (Lipinski definition) is 1. The molecule has 0 spiro atoms. The molecule has 1 aromatic carbocycles. The minimum atomic E-state index is -2.48. The SMILES string of the molecule is Cn1cc2c(C(=O)NC3CCC(CCN4CCc5sc(OCC(F)F)nc5C4)CC3)cccc2n1. The summed E-state index contributed by atoms with van der Waals surface area (Å²) in [6, 6.07) is 5.89. The van der Waals surface area contributed by atoms with Crippen LogP contribution in [0.4, 0.5) is 8.78 Å². The van der Waals surface area contributed by atoms with Gasteiger partial charge in [-0.3, -0.25) is 14.4 Å². The smallest absolute Gasteiger partial charge is 0.273 e. The Morgan fingerprint density at radius 1 is 1.29 bits per heavy atom. The number of benzene rings is 1. The Morgan fingerprint density at radius 2 is 2.11 bits per heavy atom. The number of aryl methyl sites for hydroxylation is 1. The summed E-state index contributed by atoms with van der Waals surface area (Å²) < 4.78 is 31.6. The quantitative estimate of drug-likeness (QED) is 0.493. The van der Waals surface area contributed by atoms with Crippen LogP contribution in [0, 0.1) is 5.92 Å². The topological polar surface area (TPSA) is 72.3 Å². The van der Waals surface area contributed by atoms with E-state index in [1.54, 1.807) is 4.68 Å². The van der Waals surface area contributed by atoms with Gasteiger partial charge in [-0.05, 0) is 63.1 Å². The molecule has 2 aliphatic rings. The van der Waals surface area contributed by atoms with Crippen molar-refractivity contribution < 1.29 is 18.3 Å². The number of carbonyl (C=O) groups is 1. The maximum Gasteiger partial charge on any atom is 0.273 e. The minimum absolute atomic E-state index is 0.0173. The number of amides is 1. The number of thiazole rings is 1. The van der Waals surface area contributed by atoms with E-state index in [4.69, 9.17) is 4.74 Å². The van der Waals surface area contributed by atoms with Crippen LogP contribution in [-0.4, -0.2) is 57.7 Å². The Kier molecular flexibility index (Phi) is 7.29. The summed E-state index contributed by atoms with van der Waals surface area (Å²) in [5, 5.41) is 8.88. The summed E-state index contributed by atoms with van der Waals surface area (Å²) in [6.07, 6.45) is 5.67. The average molecular weight is 504 g/mol. The molecule has 1 aliphatic heterocycles. The molecule has 5 rings (SSSR count). The molecule has 0 saturated heterocycles. The number of nitrogens with one attached hydrogen (secondary N) is 1. The molecule has 0 unspecified atom stereocenters. The predicted octanol–water partition coefficient (Wildman–Crippen LogP) is 4.41. The summed E-state index contributed by atoms with van der Waals surface area (Å²) in [5.41, 5.74) is 2.50. The number of fused-ring (bicyclic) bond motifs is 2. The lowest BCUT2D eigenvalue weighted by atomic mass is 9.84. The summed E-state index contributed by atoms with van der Waals surface area (Å²) in [4.78, 5) is 20.9. The number of aromatic nitrogens is 3. The van der Waals surface area contributed by atoms with Crippen LogP contribution in [0.25, 0.3) is 10.9 Å². The Hall–Kier alpha value is -2.59. The second-order valence-corrected chi connectivity index (χ2v) is 10.6. The van der Waals surface area contributed by atoms with Gasteiger partial charge in [-0.2, -0.15) is 5.10 Å². The van der Waals surface area contributed by atoms with Crippen molar-refractivity contribution in [1.82, 2.24) is 25.0 Å². The van der Waals surface area contributed by atoms with Crippen molar-refractivity contribution in [1.29, 1.82) is 0 Å². The molecule has 1 saturated carbocycles. The lowest BCUT2D eigenvalue weighted by molar-refractivity contribution is 0.0815. The molecule has 1 fully saturated rings. The van der Waals surface area contributed by atoms with Crippen LogP contribution in [0.1, 0.15) is 53.0 Å². The van der Waals surface area contributed by atoms with Gasteiger partial charge in [-0.25, -0.2) is 13.8 Å². The lowest BCUT2D eigenvalue weighted by Crippen LogP contribution is -2.38. The first-order chi connectivity index (χ1) is 16.9. The van der Waals surface area contributed by atoms with E-state index in [1.807, 2.05) is 31.4 Å². The normalized spacial score (nSPS) is 20.8. The molecule has 7 nitrogen and oxygen atoms in total. The van der Waals surface area contributed by atoms with Gasteiger partial charge < -0.3 is 10.1 Å². The first-order valence-corrected chi connectivity index (χ1v) is 13.1. The van der Waals surface area contributed by atoms with Crippen LogP contribution in [0.5, 0.6) is 5.19 Å². The number of ether oxygens (including phenoxy) is 1. The van der Waals surface area contributed by atoms with Crippen LogP contribution in [0.15, 0.2) is 24.4 Å². The van der Waals surface area contributed by atoms with E-state index in [-0.39, 0.29) is 11.9 Å². The van der Waals surface area contributed by atoms with Gasteiger partial charge in [-0.15, -0.1) is 0 Å². The van der Waals surface area contributed by atoms with Crippen LogP contribution >= 0.6 is 11.3 Å². The van der Waals surface area contributed by atoms with Crippen molar-refractivity contribution in [3.05, 3.63) is 40.5 Å². The first-order valence-electron chi connectivity index (χ1n) is 12.3. The molecule has 2 aromatic heterocycles. The number of halogens is 2. The van der Waals surface area contributed by atoms with Gasteiger partial charge in [0.25, 0.3) is 17.5 Å². The Labute approximate surface area is 207 Å². The van der Waals surface area contributed by atoms with Crippen molar-refractivity contribution in [3.8, 4) is 5.19 Å². The third kappa shape index (κ3) is 5.81. The van der Waals surface area contributed by atoms with E-state index >= 15 is 0 Å². The third-order valence-corrected chi connectivity index (χ3v) is 8.13. The Balaban J connectivity index is 1.06. The molecule has 10 heteroatoms. The predicted molar refractivity (Wildman–Crippen MR) is 131 cm³/mol. The molecule has 1 N–H and O–H groups in total. The van der Waals surface area contributed by atoms with Crippen molar-refractivity contribution in [2.75, 3.05) is 19.7 Å². The molecule has 0 bridgehead atoms. The lowest BCUT2D eigenvalue weighted by Gasteiger charge is -2.32. The fourth-order valence-corrected chi connectivity index (χ4v) is 6.11. The van der Waals surface area contributed by atoms with Crippen molar-refractivity contribution in [2.45, 2.75) is 57.5 Å². The van der Waals surface area contributed by atoms with Gasteiger partial charge in [0, 0.05) is 42.6 Å². The number of nitrogens with zero attached hydrogens (tertiary/aromatic N) is 4. The van der Waals surface area contributed by atoms with Crippen LogP contribution < -0.4 is 10.1 Å². The highest BCUT2D eigenvalue weighted by molar-refractivity contribution is 7.13. The minimum Gasteiger partial charge on any atom is -0.464 e. The van der Waals surface area contributed by atoms with E-state index in [1.165, 1.54) is 11.3 Å². The van der Waals surface area contributed by atoms with E-state index in [2.05, 4.69) is 20.3 Å². The van der Waals surface area contributed by atoms with Crippen LogP contribution in [-0.2, 0) is 20.0 Å². The van der Waals surface area contributed by atoms with Crippen LogP contribution in [0.2, 0.25) is 0 Å². The molecular weight excluding hydrogens is 472 g/mol. The number of alkyl halides is 2. The first kappa shape index (κ1) is 24.1. The Morgan fingerprint density at radius 3 is 2.91 bits per heavy atom. The van der Waals surface area contributed by atoms with E-state index in [0.29, 0.717) is 16.7 Å².